The largest absolute Gasteiger partial charge is 0.347 e. The van der Waals surface area contributed by atoms with E-state index >= 15 is 0 Å². The fraction of sp³-hybridized carbons (Fsp3) is 0.100. The smallest absolute Gasteiger partial charge is 0.313 e. The maximum absolute atomic E-state index is 13.4. The average molecular weight is 454 g/mol. The fourth-order valence-corrected chi connectivity index (χ4v) is 3.74. The molecular formula is C20H15FN6O4S. The number of nitro benzene ring substituents is 1. The van der Waals surface area contributed by atoms with Gasteiger partial charge in [-0.25, -0.2) is 8.91 Å². The van der Waals surface area contributed by atoms with Gasteiger partial charge in [0.2, 0.25) is 4.96 Å². The number of fused-ring (bicyclic) bond motifs is 1. The van der Waals surface area contributed by atoms with E-state index in [2.05, 4.69) is 20.7 Å². The van der Waals surface area contributed by atoms with Crippen LogP contribution in [0.3, 0.4) is 0 Å². The van der Waals surface area contributed by atoms with Crippen molar-refractivity contribution >= 4 is 39.5 Å². The van der Waals surface area contributed by atoms with Gasteiger partial charge < -0.3 is 10.6 Å². The summed E-state index contributed by atoms with van der Waals surface area (Å²) in [6.07, 6.45) is 0.391. The van der Waals surface area contributed by atoms with E-state index < -0.39 is 16.7 Å². The lowest BCUT2D eigenvalue weighted by atomic mass is 10.2. The summed E-state index contributed by atoms with van der Waals surface area (Å²) in [5.74, 6) is -1.71. The summed E-state index contributed by atoms with van der Waals surface area (Å²) in [5, 5.41) is 21.8. The minimum atomic E-state index is -0.886. The lowest BCUT2D eigenvalue weighted by molar-refractivity contribution is -0.384. The Hall–Kier alpha value is -4.19. The summed E-state index contributed by atoms with van der Waals surface area (Å²) in [5.41, 5.74) is 1.48. The molecule has 0 fully saturated rings. The van der Waals surface area contributed by atoms with E-state index in [0.29, 0.717) is 22.8 Å². The molecule has 2 aromatic carbocycles. The van der Waals surface area contributed by atoms with Gasteiger partial charge in [0.05, 0.1) is 10.6 Å². The molecule has 0 aliphatic heterocycles. The van der Waals surface area contributed by atoms with Crippen molar-refractivity contribution < 1.29 is 18.9 Å². The van der Waals surface area contributed by atoms with Crippen LogP contribution in [0.2, 0.25) is 0 Å². The Bertz CT molecular complexity index is 1320. The van der Waals surface area contributed by atoms with Crippen molar-refractivity contribution in [3.05, 3.63) is 75.5 Å². The number of non-ortho nitro benzene ring substituents is 1. The molecule has 0 atom stereocenters. The summed E-state index contributed by atoms with van der Waals surface area (Å²) >= 11 is 1.36. The van der Waals surface area contributed by atoms with Gasteiger partial charge in [0.25, 0.3) is 5.69 Å². The van der Waals surface area contributed by atoms with E-state index in [1.807, 2.05) is 5.38 Å². The van der Waals surface area contributed by atoms with Gasteiger partial charge >= 0.3 is 11.8 Å². The number of benzene rings is 2. The van der Waals surface area contributed by atoms with E-state index in [4.69, 9.17) is 0 Å². The van der Waals surface area contributed by atoms with Crippen LogP contribution in [0.4, 0.5) is 15.8 Å². The third-order valence-electron chi connectivity index (χ3n) is 4.44. The van der Waals surface area contributed by atoms with Gasteiger partial charge in [-0.2, -0.15) is 4.98 Å². The molecule has 0 bridgehead atoms. The average Bonchev–Trinajstić information content (AvgIpc) is 3.36. The number of aromatic nitrogens is 3. The number of carbonyl (C=O) groups is 2. The zero-order valence-corrected chi connectivity index (χ0v) is 17.1. The third kappa shape index (κ3) is 4.59. The Labute approximate surface area is 183 Å². The molecule has 4 rings (SSSR count). The number of nitrogens with one attached hydrogen (secondary N) is 2. The highest BCUT2D eigenvalue weighted by Gasteiger charge is 2.16. The highest BCUT2D eigenvalue weighted by Crippen LogP contribution is 2.21. The molecule has 0 saturated carbocycles. The molecule has 0 spiro atoms. The Morgan fingerprint density at radius 1 is 1.16 bits per heavy atom. The van der Waals surface area contributed by atoms with Crippen molar-refractivity contribution in [1.82, 2.24) is 19.9 Å². The topological polar surface area (TPSA) is 132 Å². The molecule has 0 saturated heterocycles. The molecule has 2 amide bonds. The fourth-order valence-electron chi connectivity index (χ4n) is 2.89. The third-order valence-corrected chi connectivity index (χ3v) is 5.31. The molecule has 0 aliphatic carbocycles. The molecule has 162 valence electrons. The SMILES string of the molecule is O=C(NCCc1csc2nc(-c3cccc(F)c3)nn12)C(=O)Nc1ccc([N+](=O)[O-])cc1. The number of hydrogen-bond donors (Lipinski definition) is 2. The van der Waals surface area contributed by atoms with Crippen molar-refractivity contribution in [2.45, 2.75) is 6.42 Å². The van der Waals surface area contributed by atoms with E-state index in [9.17, 15) is 24.1 Å². The van der Waals surface area contributed by atoms with Gasteiger partial charge in [0.15, 0.2) is 5.82 Å². The molecule has 0 aliphatic rings. The predicted molar refractivity (Wildman–Crippen MR) is 115 cm³/mol. The molecule has 10 nitrogen and oxygen atoms in total. The lowest BCUT2D eigenvalue weighted by Crippen LogP contribution is -2.36. The Kier molecular flexibility index (Phi) is 5.85. The minimum absolute atomic E-state index is 0.122. The number of hydrogen-bond acceptors (Lipinski definition) is 7. The molecule has 2 N–H and O–H groups in total. The maximum atomic E-state index is 13.4. The molecule has 0 unspecified atom stereocenters. The number of amides is 2. The molecule has 12 heteroatoms. The van der Waals surface area contributed by atoms with Gasteiger partial charge in [-0.05, 0) is 24.3 Å². The van der Waals surface area contributed by atoms with Crippen molar-refractivity contribution in [2.75, 3.05) is 11.9 Å². The van der Waals surface area contributed by atoms with Crippen molar-refractivity contribution in [2.24, 2.45) is 0 Å². The predicted octanol–water partition coefficient (Wildman–Crippen LogP) is 2.80. The molecule has 2 aromatic heterocycles. The number of nitro groups is 1. The zero-order valence-electron chi connectivity index (χ0n) is 16.3. The minimum Gasteiger partial charge on any atom is -0.347 e. The van der Waals surface area contributed by atoms with Gasteiger partial charge in [-0.1, -0.05) is 12.1 Å². The van der Waals surface area contributed by atoms with E-state index in [1.165, 1.54) is 47.7 Å². The van der Waals surface area contributed by atoms with Crippen LogP contribution in [0.1, 0.15) is 5.69 Å². The number of halogens is 1. The van der Waals surface area contributed by atoms with Crippen molar-refractivity contribution in [1.29, 1.82) is 0 Å². The summed E-state index contributed by atoms with van der Waals surface area (Å²) in [7, 11) is 0. The van der Waals surface area contributed by atoms with Crippen molar-refractivity contribution in [3.8, 4) is 11.4 Å². The van der Waals surface area contributed by atoms with Crippen LogP contribution in [0.15, 0.2) is 53.9 Å². The van der Waals surface area contributed by atoms with E-state index in [1.54, 1.807) is 16.6 Å². The summed E-state index contributed by atoms with van der Waals surface area (Å²) in [4.78, 5) is 39.2. The van der Waals surface area contributed by atoms with Crippen LogP contribution >= 0.6 is 11.3 Å². The van der Waals surface area contributed by atoms with Crippen LogP contribution in [0, 0.1) is 15.9 Å². The second-order valence-corrected chi connectivity index (χ2v) is 7.47. The zero-order chi connectivity index (χ0) is 22.7. The molecular weight excluding hydrogens is 439 g/mol. The second-order valence-electron chi connectivity index (χ2n) is 6.63. The molecule has 4 aromatic rings. The summed E-state index contributed by atoms with van der Waals surface area (Å²) < 4.78 is 15.1. The normalized spacial score (nSPS) is 10.8. The first-order chi connectivity index (χ1) is 15.4. The Morgan fingerprint density at radius 3 is 2.66 bits per heavy atom. The molecule has 0 radical (unpaired) electrons. The van der Waals surface area contributed by atoms with Gasteiger partial charge in [0, 0.05) is 41.7 Å². The molecule has 2 heterocycles. The highest BCUT2D eigenvalue weighted by atomic mass is 32.1. The van der Waals surface area contributed by atoms with Gasteiger partial charge in [0.1, 0.15) is 5.82 Å². The first kappa shape index (κ1) is 21.1. The van der Waals surface area contributed by atoms with Crippen LogP contribution in [-0.2, 0) is 16.0 Å². The van der Waals surface area contributed by atoms with E-state index in [-0.39, 0.29) is 23.7 Å². The monoisotopic (exact) mass is 454 g/mol. The number of carbonyl (C=O) groups excluding carboxylic acids is 2. The van der Waals surface area contributed by atoms with Gasteiger partial charge in [-0.3, -0.25) is 19.7 Å². The quantitative estimate of drug-likeness (QED) is 0.262. The van der Waals surface area contributed by atoms with Crippen LogP contribution in [0.25, 0.3) is 16.3 Å². The number of anilines is 1. The lowest BCUT2D eigenvalue weighted by Gasteiger charge is -2.06. The Balaban J connectivity index is 1.34. The number of thiazole rings is 1. The summed E-state index contributed by atoms with van der Waals surface area (Å²) in [6.45, 7) is 0.174. The first-order valence-electron chi connectivity index (χ1n) is 9.33. The first-order valence-corrected chi connectivity index (χ1v) is 10.2. The maximum Gasteiger partial charge on any atom is 0.313 e. The molecule has 32 heavy (non-hydrogen) atoms. The van der Waals surface area contributed by atoms with Crippen LogP contribution in [0.5, 0.6) is 0 Å². The van der Waals surface area contributed by atoms with Gasteiger partial charge in [-0.15, -0.1) is 16.4 Å². The standard InChI is InChI=1S/C20H15FN6O4S/c21-13-3-1-2-12(10-13)17-24-20-26(25-17)16(11-32-20)8-9-22-18(28)19(29)23-14-4-6-15(7-5-14)27(30)31/h1-7,10-11H,8-9H2,(H,22,28)(H,23,29). The summed E-state index contributed by atoms with van der Waals surface area (Å²) in [6, 6.07) is 11.1. The van der Waals surface area contributed by atoms with E-state index in [0.717, 1.165) is 5.69 Å². The van der Waals surface area contributed by atoms with Crippen molar-refractivity contribution in [3.63, 3.8) is 0 Å². The van der Waals surface area contributed by atoms with Crippen LogP contribution < -0.4 is 10.6 Å². The number of nitrogens with zero attached hydrogens (tertiary/aromatic N) is 4. The second kappa shape index (κ2) is 8.89. The Morgan fingerprint density at radius 2 is 1.94 bits per heavy atom. The van der Waals surface area contributed by atoms with Crippen LogP contribution in [-0.4, -0.2) is 37.9 Å². The number of rotatable bonds is 6. The highest BCUT2D eigenvalue weighted by molar-refractivity contribution is 7.15.